The van der Waals surface area contributed by atoms with Crippen molar-refractivity contribution in [1.29, 1.82) is 0 Å². The van der Waals surface area contributed by atoms with Crippen LogP contribution in [0.4, 0.5) is 0 Å². The van der Waals surface area contributed by atoms with Crippen molar-refractivity contribution >= 4 is 21.6 Å². The minimum Gasteiger partial charge on any atom is -0.305 e. The molecule has 3 aromatic heterocycles. The van der Waals surface area contributed by atoms with Gasteiger partial charge in [-0.15, -0.1) is 0 Å². The third kappa shape index (κ3) is 2.73. The number of hydrogen-bond acceptors (Lipinski definition) is 3. The third-order valence-electron chi connectivity index (χ3n) is 3.34. The predicted molar refractivity (Wildman–Crippen MR) is 82.4 cm³/mol. The molecule has 0 radical (unpaired) electrons. The first-order chi connectivity index (χ1) is 9.74. The molecule has 0 saturated carbocycles. The molecule has 0 aliphatic rings. The van der Waals surface area contributed by atoms with Gasteiger partial charge in [-0.1, -0.05) is 0 Å². The van der Waals surface area contributed by atoms with Gasteiger partial charge in [-0.25, -0.2) is 4.98 Å². The highest BCUT2D eigenvalue weighted by Gasteiger charge is 2.07. The van der Waals surface area contributed by atoms with Crippen molar-refractivity contribution in [2.75, 3.05) is 0 Å². The Bertz CT molecular complexity index is 708. The van der Waals surface area contributed by atoms with Gasteiger partial charge < -0.3 is 9.72 Å². The Balaban J connectivity index is 1.75. The van der Waals surface area contributed by atoms with Crippen LogP contribution in [0.15, 0.2) is 53.5 Å². The molecule has 3 heterocycles. The third-order valence-corrected chi connectivity index (χ3v) is 3.81. The van der Waals surface area contributed by atoms with Crippen molar-refractivity contribution in [1.82, 2.24) is 19.7 Å². The molecule has 0 aliphatic heterocycles. The standard InChI is InChI=1S/C15H15BrN4/c1-11(12-4-6-17-7-5-12)18-8-14-9-19-15-3-2-13(16)10-20(14)15/h2-7,9-11,18H,8H2,1H3/t11-/m1/s1. The Morgan fingerprint density at radius 2 is 2.05 bits per heavy atom. The van der Waals surface area contributed by atoms with Crippen molar-refractivity contribution in [3.63, 3.8) is 0 Å². The predicted octanol–water partition coefficient (Wildman–Crippen LogP) is 3.34. The summed E-state index contributed by atoms with van der Waals surface area (Å²) in [6, 6.07) is 8.33. The van der Waals surface area contributed by atoms with E-state index in [4.69, 9.17) is 0 Å². The molecule has 0 fully saturated rings. The number of hydrogen-bond donors (Lipinski definition) is 1. The van der Waals surface area contributed by atoms with E-state index in [1.807, 2.05) is 49.1 Å². The lowest BCUT2D eigenvalue weighted by Gasteiger charge is -2.13. The minimum absolute atomic E-state index is 0.274. The lowest BCUT2D eigenvalue weighted by Crippen LogP contribution is -2.19. The number of pyridine rings is 2. The van der Waals surface area contributed by atoms with Crippen LogP contribution in [-0.2, 0) is 6.54 Å². The zero-order valence-corrected chi connectivity index (χ0v) is 12.7. The van der Waals surface area contributed by atoms with Gasteiger partial charge in [0.25, 0.3) is 0 Å². The Morgan fingerprint density at radius 1 is 1.25 bits per heavy atom. The van der Waals surface area contributed by atoms with Gasteiger partial charge in [0.15, 0.2) is 0 Å². The molecular formula is C15H15BrN4. The molecule has 4 nitrogen and oxygen atoms in total. The van der Waals surface area contributed by atoms with Crippen LogP contribution in [0.25, 0.3) is 5.65 Å². The van der Waals surface area contributed by atoms with Gasteiger partial charge in [0.2, 0.25) is 0 Å². The maximum atomic E-state index is 4.40. The second kappa shape index (κ2) is 5.73. The molecular weight excluding hydrogens is 316 g/mol. The van der Waals surface area contributed by atoms with Crippen LogP contribution < -0.4 is 5.32 Å². The van der Waals surface area contributed by atoms with Crippen LogP contribution in [0.3, 0.4) is 0 Å². The topological polar surface area (TPSA) is 42.2 Å². The van der Waals surface area contributed by atoms with E-state index in [1.165, 1.54) is 5.56 Å². The molecule has 3 rings (SSSR count). The molecule has 0 aliphatic carbocycles. The molecule has 0 amide bonds. The molecule has 20 heavy (non-hydrogen) atoms. The second-order valence-corrected chi connectivity index (χ2v) is 5.62. The molecule has 0 unspecified atom stereocenters. The molecule has 3 aromatic rings. The first-order valence-corrected chi connectivity index (χ1v) is 7.28. The number of imidazole rings is 1. The van der Waals surface area contributed by atoms with E-state index in [1.54, 1.807) is 0 Å². The average molecular weight is 331 g/mol. The zero-order valence-electron chi connectivity index (χ0n) is 11.1. The summed E-state index contributed by atoms with van der Waals surface area (Å²) >= 11 is 3.49. The van der Waals surface area contributed by atoms with E-state index in [0.29, 0.717) is 0 Å². The first kappa shape index (κ1) is 13.3. The Labute approximate surface area is 126 Å². The van der Waals surface area contributed by atoms with Crippen LogP contribution in [0, 0.1) is 0 Å². The van der Waals surface area contributed by atoms with Gasteiger partial charge in [-0.2, -0.15) is 0 Å². The van der Waals surface area contributed by atoms with Crippen molar-refractivity contribution in [2.24, 2.45) is 0 Å². The summed E-state index contributed by atoms with van der Waals surface area (Å²) < 4.78 is 3.14. The van der Waals surface area contributed by atoms with Crippen LogP contribution in [-0.4, -0.2) is 14.4 Å². The monoisotopic (exact) mass is 330 g/mol. The number of rotatable bonds is 4. The lowest BCUT2D eigenvalue weighted by atomic mass is 10.1. The zero-order chi connectivity index (χ0) is 13.9. The highest BCUT2D eigenvalue weighted by atomic mass is 79.9. The second-order valence-electron chi connectivity index (χ2n) is 4.71. The lowest BCUT2D eigenvalue weighted by molar-refractivity contribution is 0.565. The maximum Gasteiger partial charge on any atom is 0.136 e. The molecule has 5 heteroatoms. The number of fused-ring (bicyclic) bond motifs is 1. The van der Waals surface area contributed by atoms with Crippen LogP contribution in [0.1, 0.15) is 24.2 Å². The fourth-order valence-corrected chi connectivity index (χ4v) is 2.50. The number of aromatic nitrogens is 3. The molecule has 0 bridgehead atoms. The van der Waals surface area contributed by atoms with Gasteiger partial charge in [0.05, 0.1) is 11.9 Å². The molecule has 0 aromatic carbocycles. The van der Waals surface area contributed by atoms with Crippen molar-refractivity contribution < 1.29 is 0 Å². The largest absolute Gasteiger partial charge is 0.305 e. The van der Waals surface area contributed by atoms with Gasteiger partial charge in [0.1, 0.15) is 5.65 Å². The summed E-state index contributed by atoms with van der Waals surface area (Å²) in [5.41, 5.74) is 3.33. The van der Waals surface area contributed by atoms with E-state index in [-0.39, 0.29) is 6.04 Å². The van der Waals surface area contributed by atoms with Crippen LogP contribution in [0.5, 0.6) is 0 Å². The summed E-state index contributed by atoms with van der Waals surface area (Å²) in [5, 5.41) is 3.51. The quantitative estimate of drug-likeness (QED) is 0.797. The van der Waals surface area contributed by atoms with Gasteiger partial charge in [-0.3, -0.25) is 4.98 Å². The van der Waals surface area contributed by atoms with Crippen molar-refractivity contribution in [2.45, 2.75) is 19.5 Å². The molecule has 1 N–H and O–H groups in total. The highest BCUT2D eigenvalue weighted by Crippen LogP contribution is 2.15. The van der Waals surface area contributed by atoms with Gasteiger partial charge in [-0.05, 0) is 52.7 Å². The summed E-state index contributed by atoms with van der Waals surface area (Å²) in [7, 11) is 0. The molecule has 0 saturated heterocycles. The van der Waals surface area contributed by atoms with Crippen LogP contribution >= 0.6 is 15.9 Å². The summed E-state index contributed by atoms with van der Waals surface area (Å²) in [5.74, 6) is 0. The van der Waals surface area contributed by atoms with E-state index >= 15 is 0 Å². The SMILES string of the molecule is C[C@@H](NCc1cnc2ccc(Br)cn12)c1ccncc1. The fourth-order valence-electron chi connectivity index (χ4n) is 2.16. The number of halogens is 1. The van der Waals surface area contributed by atoms with E-state index in [9.17, 15) is 0 Å². The van der Waals surface area contributed by atoms with E-state index in [2.05, 4.69) is 42.5 Å². The smallest absolute Gasteiger partial charge is 0.136 e. The minimum atomic E-state index is 0.274. The highest BCUT2D eigenvalue weighted by molar-refractivity contribution is 9.10. The summed E-state index contributed by atoms with van der Waals surface area (Å²) in [4.78, 5) is 8.44. The summed E-state index contributed by atoms with van der Waals surface area (Å²) in [6.45, 7) is 2.91. The Kier molecular flexibility index (Phi) is 3.80. The first-order valence-electron chi connectivity index (χ1n) is 6.49. The van der Waals surface area contributed by atoms with Crippen molar-refractivity contribution in [3.05, 3.63) is 64.8 Å². The number of nitrogens with one attached hydrogen (secondary N) is 1. The average Bonchev–Trinajstić information content (AvgIpc) is 2.88. The van der Waals surface area contributed by atoms with E-state index in [0.717, 1.165) is 22.4 Å². The molecule has 102 valence electrons. The summed E-state index contributed by atoms with van der Waals surface area (Å²) in [6.07, 6.45) is 7.59. The van der Waals surface area contributed by atoms with Gasteiger partial charge in [0, 0.05) is 35.6 Å². The van der Waals surface area contributed by atoms with E-state index < -0.39 is 0 Å². The maximum absolute atomic E-state index is 4.40. The Hall–Kier alpha value is -1.72. The fraction of sp³-hybridized carbons (Fsp3) is 0.200. The normalized spacial score (nSPS) is 12.7. The van der Waals surface area contributed by atoms with Gasteiger partial charge >= 0.3 is 0 Å². The Morgan fingerprint density at radius 3 is 2.85 bits per heavy atom. The molecule has 1 atom stereocenters. The molecule has 0 spiro atoms. The van der Waals surface area contributed by atoms with Crippen molar-refractivity contribution in [3.8, 4) is 0 Å². The number of nitrogens with zero attached hydrogens (tertiary/aromatic N) is 3. The van der Waals surface area contributed by atoms with Crippen LogP contribution in [0.2, 0.25) is 0 Å².